The first-order chi connectivity index (χ1) is 13.9. The molecule has 0 fully saturated rings. The molecule has 0 aromatic carbocycles. The van der Waals surface area contributed by atoms with Crippen molar-refractivity contribution < 1.29 is 197 Å². The first-order valence-electron chi connectivity index (χ1n) is 5.55. The Labute approximate surface area is 253 Å². The summed E-state index contributed by atoms with van der Waals surface area (Å²) in [6.45, 7) is 0. The number of carbonyl (C=O) groups excluding carboxylic acids is 6. The average molecular weight is 873 g/mol. The SMILES string of the molecule is O=C([O-])C(=O)[O-].O=C([O-])C(=O)[O-].O=C([O-])C(=O)[O-].O=P(O)(O)O.O=P(O)(O)O.O=P(O)(O)O.[Gd+3].[Gd+3]. The zero-order valence-corrected chi connectivity index (χ0v) is 22.4. The van der Waals surface area contributed by atoms with Gasteiger partial charge in [-0.15, -0.1) is 0 Å². The first kappa shape index (κ1) is 55.4. The molecule has 29 heteroatoms. The predicted molar refractivity (Wildman–Crippen MR) is 72.8 cm³/mol. The number of carboxylic acids is 6. The maximum absolute atomic E-state index is 8.93. The van der Waals surface area contributed by atoms with Gasteiger partial charge in [-0.25, -0.2) is 13.7 Å². The van der Waals surface area contributed by atoms with E-state index >= 15 is 0 Å². The van der Waals surface area contributed by atoms with Crippen LogP contribution >= 0.6 is 23.5 Å². The van der Waals surface area contributed by atoms with Gasteiger partial charge < -0.3 is 103 Å². The molecule has 24 nitrogen and oxygen atoms in total. The molecule has 2 radical (unpaired) electrons. The van der Waals surface area contributed by atoms with E-state index in [1.807, 2.05) is 0 Å². The summed E-state index contributed by atoms with van der Waals surface area (Å²) in [5.74, 6) is -13.1. The Morgan fingerprint density at radius 1 is 0.343 bits per heavy atom. The van der Waals surface area contributed by atoms with Crippen LogP contribution in [0, 0.1) is 79.9 Å². The van der Waals surface area contributed by atoms with Crippen LogP contribution in [0.4, 0.5) is 0 Å². The third-order valence-electron chi connectivity index (χ3n) is 0.500. The summed E-state index contributed by atoms with van der Waals surface area (Å²) in [4.78, 5) is 118. The molecule has 0 aliphatic heterocycles. The van der Waals surface area contributed by atoms with Crippen molar-refractivity contribution in [1.29, 1.82) is 0 Å². The van der Waals surface area contributed by atoms with E-state index in [0.717, 1.165) is 0 Å². The molecule has 0 bridgehead atoms. The van der Waals surface area contributed by atoms with Gasteiger partial charge in [-0.3, -0.25) is 0 Å². The van der Waals surface area contributed by atoms with E-state index in [1.54, 1.807) is 0 Å². The van der Waals surface area contributed by atoms with E-state index in [2.05, 4.69) is 0 Å². The Balaban J connectivity index is -0.0000000413. The molecule has 0 aliphatic rings. The van der Waals surface area contributed by atoms with E-state index < -0.39 is 59.3 Å². The van der Waals surface area contributed by atoms with Crippen LogP contribution in [0.5, 0.6) is 0 Å². The quantitative estimate of drug-likeness (QED) is 0.0806. The second-order valence-electron chi connectivity index (χ2n) is 3.26. The summed E-state index contributed by atoms with van der Waals surface area (Å²) >= 11 is 0. The number of carboxylic acid groups (broad SMARTS) is 6. The molecular weight excluding hydrogens is 863 g/mol. The smallest absolute Gasteiger partial charge is 0.543 e. The zero-order valence-electron chi connectivity index (χ0n) is 15.2. The van der Waals surface area contributed by atoms with Crippen molar-refractivity contribution in [2.24, 2.45) is 0 Å². The van der Waals surface area contributed by atoms with Gasteiger partial charge >= 0.3 is 103 Å². The summed E-state index contributed by atoms with van der Waals surface area (Å²) in [5, 5.41) is 53.6. The van der Waals surface area contributed by atoms with Crippen LogP contribution in [0.15, 0.2) is 0 Å². The van der Waals surface area contributed by atoms with Crippen molar-refractivity contribution in [1.82, 2.24) is 0 Å². The second kappa shape index (κ2) is 28.4. The van der Waals surface area contributed by atoms with Gasteiger partial charge in [0.25, 0.3) is 0 Å². The second-order valence-corrected chi connectivity index (χ2v) is 6.34. The maximum atomic E-state index is 8.93. The minimum atomic E-state index is -4.64. The Kier molecular flexibility index (Phi) is 44.9. The van der Waals surface area contributed by atoms with Crippen LogP contribution in [0.2, 0.25) is 0 Å². The van der Waals surface area contributed by atoms with Gasteiger partial charge in [0, 0.05) is 0 Å². The molecule has 0 rings (SSSR count). The Morgan fingerprint density at radius 2 is 0.371 bits per heavy atom. The Hall–Kier alpha value is -0.201. The third kappa shape index (κ3) is 245. The summed E-state index contributed by atoms with van der Waals surface area (Å²) in [6, 6.07) is 0. The fourth-order valence-corrected chi connectivity index (χ4v) is 0. The minimum Gasteiger partial charge on any atom is -0.543 e. The van der Waals surface area contributed by atoms with Gasteiger partial charge in [0.2, 0.25) is 0 Å². The molecule has 0 amide bonds. The maximum Gasteiger partial charge on any atom is 3.00 e. The van der Waals surface area contributed by atoms with Crippen molar-refractivity contribution in [3.05, 3.63) is 0 Å². The van der Waals surface area contributed by atoms with Crippen LogP contribution in [0.25, 0.3) is 0 Å². The summed E-state index contributed by atoms with van der Waals surface area (Å²) in [6.07, 6.45) is 0. The molecule has 0 unspecified atom stereocenters. The first-order valence-corrected chi connectivity index (χ1v) is 10.2. The Morgan fingerprint density at radius 3 is 0.371 bits per heavy atom. The molecular formula is C6H9Gd2O24P3. The fourth-order valence-electron chi connectivity index (χ4n) is 0. The van der Waals surface area contributed by atoms with E-state index in [0.29, 0.717) is 0 Å². The van der Waals surface area contributed by atoms with Gasteiger partial charge in [0.05, 0.1) is 35.8 Å². The van der Waals surface area contributed by atoms with Crippen molar-refractivity contribution in [3.63, 3.8) is 0 Å². The predicted octanol–water partition coefficient (Wildman–Crippen LogP) is -13.3. The Bertz CT molecular complexity index is 620. The molecule has 0 heterocycles. The standard InChI is InChI=1S/3C2H2O4.2Gd.3H3O4P/c3*3-1(4)2(5)6;;;3*1-5(2,3)4/h3*(H,3,4)(H,5,6);;;3*(H3,1,2,3,4)/q;;;2*+3;;;/p-6. The van der Waals surface area contributed by atoms with E-state index in [4.69, 9.17) is 117 Å². The molecule has 0 spiro atoms. The zero-order chi connectivity index (χ0) is 29.0. The number of carbonyl (C=O) groups is 6. The summed E-state index contributed by atoms with van der Waals surface area (Å²) < 4.78 is 26.6. The summed E-state index contributed by atoms with van der Waals surface area (Å²) in [5.41, 5.74) is 0. The van der Waals surface area contributed by atoms with Crippen LogP contribution < -0.4 is 30.6 Å². The van der Waals surface area contributed by atoms with E-state index in [9.17, 15) is 0 Å². The fraction of sp³-hybridized carbons (Fsp3) is 0. The average Bonchev–Trinajstić information content (AvgIpc) is 2.42. The molecule has 0 saturated carbocycles. The van der Waals surface area contributed by atoms with Gasteiger partial charge in [0.15, 0.2) is 0 Å². The van der Waals surface area contributed by atoms with Crippen molar-refractivity contribution in [2.45, 2.75) is 0 Å². The molecule has 35 heavy (non-hydrogen) atoms. The largest absolute Gasteiger partial charge is 3.00 e. The molecule has 0 aliphatic carbocycles. The van der Waals surface area contributed by atoms with Crippen LogP contribution in [-0.2, 0) is 42.5 Å². The van der Waals surface area contributed by atoms with Crippen LogP contribution in [0.1, 0.15) is 0 Å². The third-order valence-corrected chi connectivity index (χ3v) is 0.500. The van der Waals surface area contributed by atoms with Crippen LogP contribution in [0.3, 0.4) is 0 Å². The van der Waals surface area contributed by atoms with E-state index in [1.165, 1.54) is 0 Å². The minimum absolute atomic E-state index is 0. The number of aliphatic carboxylic acids is 6. The summed E-state index contributed by atoms with van der Waals surface area (Å²) in [7, 11) is -13.9. The van der Waals surface area contributed by atoms with Gasteiger partial charge in [-0.2, -0.15) is 0 Å². The van der Waals surface area contributed by atoms with Crippen molar-refractivity contribution in [2.75, 3.05) is 0 Å². The van der Waals surface area contributed by atoms with Gasteiger partial charge in [0.1, 0.15) is 0 Å². The molecule has 0 atom stereocenters. The number of hydrogen-bond acceptors (Lipinski definition) is 15. The number of rotatable bonds is 0. The monoisotopic (exact) mass is 874 g/mol. The number of phosphoric acid groups is 3. The number of hydrogen-bond donors (Lipinski definition) is 9. The van der Waals surface area contributed by atoms with E-state index in [-0.39, 0.29) is 79.9 Å². The molecule has 208 valence electrons. The molecule has 0 aromatic rings. The molecule has 9 N–H and O–H groups in total. The van der Waals surface area contributed by atoms with Gasteiger partial charge in [-0.05, 0) is 0 Å². The molecule has 0 saturated heterocycles. The van der Waals surface area contributed by atoms with Crippen molar-refractivity contribution in [3.8, 4) is 0 Å². The molecule has 0 aromatic heterocycles. The topological polar surface area (TPSA) is 474 Å². The van der Waals surface area contributed by atoms with Crippen LogP contribution in [-0.4, -0.2) is 79.9 Å². The normalized spacial score (nSPS) is 8.83. The van der Waals surface area contributed by atoms with Gasteiger partial charge in [-0.1, -0.05) is 0 Å². The van der Waals surface area contributed by atoms with Crippen molar-refractivity contribution >= 4 is 59.3 Å².